The van der Waals surface area contributed by atoms with E-state index >= 15 is 0 Å². The number of aliphatic hydroxyl groups is 1. The Morgan fingerprint density at radius 3 is 2.93 bits per heavy atom. The number of aliphatic hydroxyl groups excluding tert-OH is 1. The maximum atomic E-state index is 12.8. The number of piperidine rings is 1. The quantitative estimate of drug-likeness (QED) is 0.433. The van der Waals surface area contributed by atoms with E-state index in [4.69, 9.17) is 19.9 Å². The molecule has 2 heterocycles. The lowest BCUT2D eigenvalue weighted by atomic mass is 9.93. The number of fused-ring (bicyclic) bond motifs is 1. The molecule has 0 aromatic heterocycles. The molecule has 30 heavy (non-hydrogen) atoms. The predicted molar refractivity (Wildman–Crippen MR) is 115 cm³/mol. The third-order valence-electron chi connectivity index (χ3n) is 5.51. The summed E-state index contributed by atoms with van der Waals surface area (Å²) in [4.78, 5) is 15.1. The topological polar surface area (TPSA) is 106 Å². The normalized spacial score (nSPS) is 22.0. The van der Waals surface area contributed by atoms with Gasteiger partial charge in [0.1, 0.15) is 0 Å². The third-order valence-corrected chi connectivity index (χ3v) is 5.51. The van der Waals surface area contributed by atoms with Gasteiger partial charge >= 0.3 is 0 Å². The third kappa shape index (κ3) is 6.23. The highest BCUT2D eigenvalue weighted by molar-refractivity contribution is 5.98. The van der Waals surface area contributed by atoms with Crippen LogP contribution in [0.1, 0.15) is 43.5 Å². The van der Waals surface area contributed by atoms with Gasteiger partial charge in [0.15, 0.2) is 11.5 Å². The van der Waals surface area contributed by atoms with Gasteiger partial charge in [-0.2, -0.15) is 0 Å². The van der Waals surface area contributed by atoms with Crippen LogP contribution in [0.3, 0.4) is 0 Å². The molecule has 0 aliphatic carbocycles. The number of β-amino-alcohol motifs (C(OH)–C–C–N with tert-alkyl or cyclic N) is 1. The lowest BCUT2D eigenvalue weighted by Gasteiger charge is -2.36. The number of carbonyl (C=O) groups is 1. The van der Waals surface area contributed by atoms with Gasteiger partial charge in [-0.3, -0.25) is 4.79 Å². The first-order valence-electron chi connectivity index (χ1n) is 10.9. The van der Waals surface area contributed by atoms with Gasteiger partial charge in [-0.25, -0.2) is 0 Å². The summed E-state index contributed by atoms with van der Waals surface area (Å²) in [7, 11) is 0. The number of benzene rings is 1. The standard InChI is InChI=1S/C22H35N3O5/c1-15(2)28-8-3-6-25-7-5-16(19(26)14-25)13-24-22(27)18-11-17(23)12-20-21(18)30-10-4-9-29-20/h11-12,15-16,19,26H,3-10,13-14,23H2,1-2H3,(H,24,27)/t16-,19+/m0/s1. The molecule has 1 aromatic rings. The number of likely N-dealkylation sites (tertiary alicyclic amines) is 1. The zero-order valence-electron chi connectivity index (χ0n) is 18.1. The number of hydrogen-bond donors (Lipinski definition) is 3. The lowest BCUT2D eigenvalue weighted by Crippen LogP contribution is -2.48. The smallest absolute Gasteiger partial charge is 0.255 e. The fourth-order valence-corrected chi connectivity index (χ4v) is 3.88. The van der Waals surface area contributed by atoms with Crippen LogP contribution >= 0.6 is 0 Å². The number of anilines is 1. The molecule has 8 nitrogen and oxygen atoms in total. The van der Waals surface area contributed by atoms with Crippen molar-refractivity contribution in [2.75, 3.05) is 51.7 Å². The fraction of sp³-hybridized carbons (Fsp3) is 0.682. The Kier molecular flexibility index (Phi) is 8.18. The number of nitrogens with one attached hydrogen (secondary N) is 1. The summed E-state index contributed by atoms with van der Waals surface area (Å²) in [5, 5.41) is 13.5. The second-order valence-corrected chi connectivity index (χ2v) is 8.35. The number of nitrogens with zero attached hydrogens (tertiary/aromatic N) is 1. The van der Waals surface area contributed by atoms with Gasteiger partial charge in [0.2, 0.25) is 0 Å². The molecule has 0 saturated carbocycles. The minimum absolute atomic E-state index is 0.0222. The van der Waals surface area contributed by atoms with E-state index < -0.39 is 6.10 Å². The summed E-state index contributed by atoms with van der Waals surface area (Å²) >= 11 is 0. The van der Waals surface area contributed by atoms with Crippen LogP contribution in [0, 0.1) is 5.92 Å². The van der Waals surface area contributed by atoms with Crippen molar-refractivity contribution < 1.29 is 24.1 Å². The molecule has 1 fully saturated rings. The molecule has 0 unspecified atom stereocenters. The van der Waals surface area contributed by atoms with Crippen molar-refractivity contribution in [2.45, 2.75) is 45.3 Å². The van der Waals surface area contributed by atoms with Crippen molar-refractivity contribution >= 4 is 11.6 Å². The maximum Gasteiger partial charge on any atom is 0.255 e. The Labute approximate surface area is 178 Å². The van der Waals surface area contributed by atoms with Gasteiger partial charge in [0.05, 0.1) is 31.0 Å². The van der Waals surface area contributed by atoms with Gasteiger partial charge in [-0.15, -0.1) is 0 Å². The van der Waals surface area contributed by atoms with Crippen molar-refractivity contribution in [3.63, 3.8) is 0 Å². The molecule has 168 valence electrons. The number of nitrogens with two attached hydrogens (primary N) is 1. The van der Waals surface area contributed by atoms with E-state index in [-0.39, 0.29) is 17.9 Å². The highest BCUT2D eigenvalue weighted by Gasteiger charge is 2.28. The fourth-order valence-electron chi connectivity index (χ4n) is 3.88. The molecule has 2 aliphatic rings. The summed E-state index contributed by atoms with van der Waals surface area (Å²) < 4.78 is 17.0. The highest BCUT2D eigenvalue weighted by atomic mass is 16.5. The molecular formula is C22H35N3O5. The van der Waals surface area contributed by atoms with E-state index in [0.29, 0.717) is 49.1 Å². The van der Waals surface area contributed by atoms with Gasteiger partial charge in [0, 0.05) is 50.3 Å². The van der Waals surface area contributed by atoms with Gasteiger partial charge in [-0.05, 0) is 39.3 Å². The number of carbonyl (C=O) groups excluding carboxylic acids is 1. The minimum Gasteiger partial charge on any atom is -0.489 e. The molecule has 0 bridgehead atoms. The van der Waals surface area contributed by atoms with Crippen molar-refractivity contribution in [3.05, 3.63) is 17.7 Å². The summed E-state index contributed by atoms with van der Waals surface area (Å²) in [6.07, 6.45) is 2.32. The molecule has 4 N–H and O–H groups in total. The summed E-state index contributed by atoms with van der Waals surface area (Å²) in [5.74, 6) is 0.712. The number of amides is 1. The van der Waals surface area contributed by atoms with Gasteiger partial charge in [-0.1, -0.05) is 0 Å². The summed E-state index contributed by atoms with van der Waals surface area (Å²) in [6.45, 7) is 8.68. The molecule has 0 spiro atoms. The average molecular weight is 422 g/mol. The molecule has 3 rings (SSSR count). The Bertz CT molecular complexity index is 712. The van der Waals surface area contributed by atoms with Crippen molar-refractivity contribution in [1.29, 1.82) is 0 Å². The predicted octanol–water partition coefficient (Wildman–Crippen LogP) is 1.66. The van der Waals surface area contributed by atoms with Crippen LogP contribution in [-0.4, -0.2) is 74.1 Å². The molecule has 8 heteroatoms. The zero-order chi connectivity index (χ0) is 21.5. The van der Waals surface area contributed by atoms with Crippen LogP contribution in [0.5, 0.6) is 11.5 Å². The van der Waals surface area contributed by atoms with Crippen molar-refractivity contribution in [2.24, 2.45) is 5.92 Å². The number of hydrogen-bond acceptors (Lipinski definition) is 7. The maximum absolute atomic E-state index is 12.8. The average Bonchev–Trinajstić information content (AvgIpc) is 2.95. The largest absolute Gasteiger partial charge is 0.489 e. The van der Waals surface area contributed by atoms with Gasteiger partial charge < -0.3 is 35.3 Å². The SMILES string of the molecule is CC(C)OCCCN1CC[C@@H](CNC(=O)c2cc(N)cc3c2OCCCO3)[C@H](O)C1. The number of nitrogen functional groups attached to an aromatic ring is 1. The number of rotatable bonds is 8. The van der Waals surface area contributed by atoms with Crippen LogP contribution in [0.15, 0.2) is 12.1 Å². The summed E-state index contributed by atoms with van der Waals surface area (Å²) in [5.41, 5.74) is 6.78. The zero-order valence-corrected chi connectivity index (χ0v) is 18.1. The second kappa shape index (κ2) is 10.8. The van der Waals surface area contributed by atoms with Crippen LogP contribution in [-0.2, 0) is 4.74 Å². The van der Waals surface area contributed by atoms with Crippen molar-refractivity contribution in [3.8, 4) is 11.5 Å². The van der Waals surface area contributed by atoms with Crippen molar-refractivity contribution in [1.82, 2.24) is 10.2 Å². The number of ether oxygens (including phenoxy) is 3. The first-order chi connectivity index (χ1) is 14.4. The lowest BCUT2D eigenvalue weighted by molar-refractivity contribution is 0.0145. The molecule has 1 aromatic carbocycles. The first-order valence-corrected chi connectivity index (χ1v) is 10.9. The Morgan fingerprint density at radius 2 is 2.17 bits per heavy atom. The van der Waals surface area contributed by atoms with Crippen LogP contribution in [0.4, 0.5) is 5.69 Å². The van der Waals surface area contributed by atoms with E-state index in [9.17, 15) is 9.90 Å². The molecule has 2 aliphatic heterocycles. The Morgan fingerprint density at radius 1 is 1.37 bits per heavy atom. The summed E-state index contributed by atoms with van der Waals surface area (Å²) in [6, 6.07) is 3.30. The van der Waals surface area contributed by atoms with E-state index in [1.807, 2.05) is 13.8 Å². The molecule has 0 radical (unpaired) electrons. The molecule has 1 saturated heterocycles. The second-order valence-electron chi connectivity index (χ2n) is 8.35. The van der Waals surface area contributed by atoms with E-state index in [1.165, 1.54) is 0 Å². The molecule has 2 atom stereocenters. The highest BCUT2D eigenvalue weighted by Crippen LogP contribution is 2.35. The Hall–Kier alpha value is -2.03. The Balaban J connectivity index is 1.49. The van der Waals surface area contributed by atoms with E-state index in [0.717, 1.165) is 39.0 Å². The first kappa shape index (κ1) is 22.7. The van der Waals surface area contributed by atoms with E-state index in [1.54, 1.807) is 12.1 Å². The van der Waals surface area contributed by atoms with Crippen LogP contribution in [0.2, 0.25) is 0 Å². The van der Waals surface area contributed by atoms with E-state index in [2.05, 4.69) is 10.2 Å². The molecule has 1 amide bonds. The monoisotopic (exact) mass is 421 g/mol. The van der Waals surface area contributed by atoms with Crippen LogP contribution < -0.4 is 20.5 Å². The van der Waals surface area contributed by atoms with Crippen LogP contribution in [0.25, 0.3) is 0 Å². The van der Waals surface area contributed by atoms with Gasteiger partial charge in [0.25, 0.3) is 5.91 Å². The molecular weight excluding hydrogens is 386 g/mol. The minimum atomic E-state index is -0.470.